The second-order valence-electron chi connectivity index (χ2n) is 5.41. The van der Waals surface area contributed by atoms with E-state index in [1.54, 1.807) is 0 Å². The lowest BCUT2D eigenvalue weighted by Crippen LogP contribution is -2.55. The van der Waals surface area contributed by atoms with Crippen LogP contribution in [-0.2, 0) is 22.4 Å². The second-order valence-corrected chi connectivity index (χ2v) is 6.55. The Labute approximate surface area is 120 Å². The van der Waals surface area contributed by atoms with E-state index < -0.39 is 11.5 Å². The molecule has 1 saturated heterocycles. The highest BCUT2D eigenvalue weighted by atomic mass is 32.1. The summed E-state index contributed by atoms with van der Waals surface area (Å²) in [7, 11) is 0. The molecule has 5 nitrogen and oxygen atoms in total. The molecule has 0 saturated carbocycles. The number of aryl methyl sites for hydroxylation is 2. The van der Waals surface area contributed by atoms with E-state index >= 15 is 0 Å². The molecule has 1 fully saturated rings. The van der Waals surface area contributed by atoms with Gasteiger partial charge in [-0.25, -0.2) is 4.79 Å². The standard InChI is InChI=1S/C14H17NO4S/c16-12(15-14(13(17)18)5-6-19-8-14)11-7-9-3-1-2-4-10(9)20-11/h7H,1-6,8H2,(H,15,16)(H,17,18). The van der Waals surface area contributed by atoms with E-state index in [9.17, 15) is 14.7 Å². The van der Waals surface area contributed by atoms with Gasteiger partial charge in [0.25, 0.3) is 5.91 Å². The normalized spacial score (nSPS) is 25.2. The Hall–Kier alpha value is -1.40. The molecule has 1 aliphatic heterocycles. The van der Waals surface area contributed by atoms with Gasteiger partial charge in [-0.1, -0.05) is 0 Å². The van der Waals surface area contributed by atoms with Gasteiger partial charge in [0.05, 0.1) is 11.5 Å². The maximum absolute atomic E-state index is 12.3. The van der Waals surface area contributed by atoms with E-state index in [1.807, 2.05) is 6.07 Å². The molecule has 2 N–H and O–H groups in total. The van der Waals surface area contributed by atoms with Crippen LogP contribution in [0.4, 0.5) is 0 Å². The molecule has 0 bridgehead atoms. The van der Waals surface area contributed by atoms with Gasteiger partial charge in [-0.2, -0.15) is 0 Å². The molecule has 1 aromatic heterocycles. The Morgan fingerprint density at radius 1 is 1.35 bits per heavy atom. The van der Waals surface area contributed by atoms with E-state index in [4.69, 9.17) is 4.74 Å². The van der Waals surface area contributed by atoms with Crippen LogP contribution >= 0.6 is 11.3 Å². The fourth-order valence-corrected chi connectivity index (χ4v) is 3.92. The number of hydrogen-bond acceptors (Lipinski definition) is 4. The average molecular weight is 295 g/mol. The Morgan fingerprint density at radius 3 is 2.80 bits per heavy atom. The molecule has 6 heteroatoms. The van der Waals surface area contributed by atoms with Crippen molar-refractivity contribution in [3.05, 3.63) is 21.4 Å². The van der Waals surface area contributed by atoms with Gasteiger partial charge >= 0.3 is 5.97 Å². The van der Waals surface area contributed by atoms with Crippen LogP contribution in [0, 0.1) is 0 Å². The zero-order valence-corrected chi connectivity index (χ0v) is 11.9. The molecule has 1 atom stereocenters. The lowest BCUT2D eigenvalue weighted by Gasteiger charge is -2.23. The lowest BCUT2D eigenvalue weighted by molar-refractivity contribution is -0.144. The first-order valence-corrected chi connectivity index (χ1v) is 7.68. The third-order valence-electron chi connectivity index (χ3n) is 4.00. The van der Waals surface area contributed by atoms with Gasteiger partial charge in [-0.3, -0.25) is 4.79 Å². The molecule has 1 amide bonds. The molecular formula is C14H17NO4S. The average Bonchev–Trinajstić information content (AvgIpc) is 3.05. The number of carbonyl (C=O) groups is 2. The SMILES string of the molecule is O=C(NC1(C(=O)O)CCOC1)c1cc2c(s1)CCCC2. The van der Waals surface area contributed by atoms with Crippen LogP contribution in [-0.4, -0.2) is 35.7 Å². The van der Waals surface area contributed by atoms with Gasteiger partial charge in [-0.15, -0.1) is 11.3 Å². The van der Waals surface area contributed by atoms with Gasteiger partial charge in [0.15, 0.2) is 5.54 Å². The van der Waals surface area contributed by atoms with Crippen LogP contribution in [0.3, 0.4) is 0 Å². The van der Waals surface area contributed by atoms with Crippen LogP contribution < -0.4 is 5.32 Å². The molecule has 20 heavy (non-hydrogen) atoms. The Bertz CT molecular complexity index is 522. The summed E-state index contributed by atoms with van der Waals surface area (Å²) in [6.45, 7) is 0.409. The van der Waals surface area contributed by atoms with Crippen molar-refractivity contribution in [3.63, 3.8) is 0 Å². The van der Waals surface area contributed by atoms with Crippen LogP contribution in [0.1, 0.15) is 39.4 Å². The molecule has 1 unspecified atom stereocenters. The largest absolute Gasteiger partial charge is 0.479 e. The van der Waals surface area contributed by atoms with Gasteiger partial charge in [-0.05, 0) is 37.3 Å². The number of ether oxygens (including phenoxy) is 1. The summed E-state index contributed by atoms with van der Waals surface area (Å²) in [6.07, 6.45) is 4.70. The van der Waals surface area contributed by atoms with E-state index in [1.165, 1.54) is 28.2 Å². The molecule has 2 aliphatic rings. The smallest absolute Gasteiger partial charge is 0.331 e. The molecule has 108 valence electrons. The maximum Gasteiger partial charge on any atom is 0.331 e. The number of carboxylic acid groups (broad SMARTS) is 1. The monoisotopic (exact) mass is 295 g/mol. The highest BCUT2D eigenvalue weighted by molar-refractivity contribution is 7.14. The molecule has 3 rings (SSSR count). The summed E-state index contributed by atoms with van der Waals surface area (Å²) in [5, 5.41) is 12.0. The van der Waals surface area contributed by atoms with Crippen LogP contribution in [0.5, 0.6) is 0 Å². The summed E-state index contributed by atoms with van der Waals surface area (Å²) in [5.41, 5.74) is -0.0138. The summed E-state index contributed by atoms with van der Waals surface area (Å²) in [5.74, 6) is -1.32. The van der Waals surface area contributed by atoms with E-state index in [-0.39, 0.29) is 12.5 Å². The summed E-state index contributed by atoms with van der Waals surface area (Å²) in [4.78, 5) is 25.6. The summed E-state index contributed by atoms with van der Waals surface area (Å²) < 4.78 is 5.15. The first-order chi connectivity index (χ1) is 9.61. The Balaban J connectivity index is 1.78. The minimum Gasteiger partial charge on any atom is -0.479 e. The first-order valence-electron chi connectivity index (χ1n) is 6.86. The minimum absolute atomic E-state index is 0.0408. The quantitative estimate of drug-likeness (QED) is 0.888. The fourth-order valence-electron chi connectivity index (χ4n) is 2.77. The second kappa shape index (κ2) is 5.18. The summed E-state index contributed by atoms with van der Waals surface area (Å²) in [6, 6.07) is 1.92. The summed E-state index contributed by atoms with van der Waals surface area (Å²) >= 11 is 1.49. The predicted molar refractivity (Wildman–Crippen MR) is 74.2 cm³/mol. The topological polar surface area (TPSA) is 75.6 Å². The van der Waals surface area contributed by atoms with Crippen molar-refractivity contribution < 1.29 is 19.4 Å². The lowest BCUT2D eigenvalue weighted by atomic mass is 9.98. The molecule has 0 spiro atoms. The number of aliphatic carboxylic acids is 1. The van der Waals surface area contributed by atoms with Crippen molar-refractivity contribution in [2.75, 3.05) is 13.2 Å². The van der Waals surface area contributed by atoms with Crippen LogP contribution in [0.2, 0.25) is 0 Å². The molecule has 2 heterocycles. The number of rotatable bonds is 3. The van der Waals surface area contributed by atoms with E-state index in [2.05, 4.69) is 5.32 Å². The van der Waals surface area contributed by atoms with Crippen molar-refractivity contribution >= 4 is 23.2 Å². The highest BCUT2D eigenvalue weighted by Crippen LogP contribution is 2.30. The van der Waals surface area contributed by atoms with Gasteiger partial charge in [0, 0.05) is 17.9 Å². The Kier molecular flexibility index (Phi) is 3.52. The number of thiophene rings is 1. The van der Waals surface area contributed by atoms with Crippen molar-refractivity contribution in [3.8, 4) is 0 Å². The minimum atomic E-state index is -1.26. The van der Waals surface area contributed by atoms with Crippen molar-refractivity contribution in [1.29, 1.82) is 0 Å². The third kappa shape index (κ3) is 2.33. The zero-order valence-electron chi connectivity index (χ0n) is 11.1. The first kappa shape index (κ1) is 13.6. The molecular weight excluding hydrogens is 278 g/mol. The molecule has 0 aromatic carbocycles. The molecule has 1 aliphatic carbocycles. The van der Waals surface area contributed by atoms with Crippen molar-refractivity contribution in [1.82, 2.24) is 5.32 Å². The number of fused-ring (bicyclic) bond motifs is 1. The van der Waals surface area contributed by atoms with Gasteiger partial charge in [0.1, 0.15) is 0 Å². The maximum atomic E-state index is 12.3. The van der Waals surface area contributed by atoms with Gasteiger partial charge < -0.3 is 15.2 Å². The van der Waals surface area contributed by atoms with E-state index in [0.29, 0.717) is 17.9 Å². The number of amides is 1. The molecule has 0 radical (unpaired) electrons. The fraction of sp³-hybridized carbons (Fsp3) is 0.571. The predicted octanol–water partition coefficient (Wildman–Crippen LogP) is 1.60. The van der Waals surface area contributed by atoms with E-state index in [0.717, 1.165) is 19.3 Å². The number of carboxylic acids is 1. The van der Waals surface area contributed by atoms with Crippen molar-refractivity contribution in [2.24, 2.45) is 0 Å². The molecule has 1 aromatic rings. The van der Waals surface area contributed by atoms with Crippen LogP contribution in [0.15, 0.2) is 6.07 Å². The Morgan fingerprint density at radius 2 is 2.15 bits per heavy atom. The zero-order chi connectivity index (χ0) is 14.2. The van der Waals surface area contributed by atoms with Gasteiger partial charge in [0.2, 0.25) is 0 Å². The van der Waals surface area contributed by atoms with Crippen LogP contribution in [0.25, 0.3) is 0 Å². The van der Waals surface area contributed by atoms with Crippen molar-refractivity contribution in [2.45, 2.75) is 37.6 Å². The number of carbonyl (C=O) groups excluding carboxylic acids is 1. The highest BCUT2D eigenvalue weighted by Gasteiger charge is 2.44. The number of hydrogen-bond donors (Lipinski definition) is 2. The third-order valence-corrected chi connectivity index (χ3v) is 5.24. The number of nitrogens with one attached hydrogen (secondary N) is 1.